The van der Waals surface area contributed by atoms with Gasteiger partial charge in [0, 0.05) is 17.3 Å². The number of hydrogen-bond acceptors (Lipinski definition) is 4. The number of nitrogens with one attached hydrogen (secondary N) is 2. The number of amides is 1. The molecule has 1 aliphatic carbocycles. The maximum absolute atomic E-state index is 12.1. The molecule has 2 aromatic rings. The Morgan fingerprint density at radius 3 is 2.96 bits per heavy atom. The number of H-pyrrole nitrogens is 1. The van der Waals surface area contributed by atoms with Crippen molar-refractivity contribution in [3.8, 4) is 11.3 Å². The predicted molar refractivity (Wildman–Crippen MR) is 96.3 cm³/mol. The summed E-state index contributed by atoms with van der Waals surface area (Å²) >= 11 is 0. The molecular weight excluding hydrogens is 318 g/mol. The van der Waals surface area contributed by atoms with Crippen LogP contribution < -0.4 is 10.9 Å². The predicted octanol–water partition coefficient (Wildman–Crippen LogP) is 2.97. The Kier molecular flexibility index (Phi) is 5.60. The minimum atomic E-state index is -0.248. The molecule has 6 nitrogen and oxygen atoms in total. The van der Waals surface area contributed by atoms with Crippen LogP contribution in [0.2, 0.25) is 0 Å². The van der Waals surface area contributed by atoms with Crippen LogP contribution in [0.25, 0.3) is 11.3 Å². The number of rotatable bonds is 5. The van der Waals surface area contributed by atoms with E-state index < -0.39 is 0 Å². The molecule has 1 aliphatic rings. The van der Waals surface area contributed by atoms with Crippen LogP contribution >= 0.6 is 0 Å². The van der Waals surface area contributed by atoms with Crippen molar-refractivity contribution in [2.75, 3.05) is 11.9 Å². The van der Waals surface area contributed by atoms with Crippen molar-refractivity contribution in [1.82, 2.24) is 10.2 Å². The molecule has 6 heteroatoms. The van der Waals surface area contributed by atoms with Gasteiger partial charge >= 0.3 is 0 Å². The van der Waals surface area contributed by atoms with Crippen molar-refractivity contribution in [3.05, 3.63) is 46.8 Å². The molecule has 2 N–H and O–H groups in total. The topological polar surface area (TPSA) is 84.1 Å². The van der Waals surface area contributed by atoms with Gasteiger partial charge in [0.15, 0.2) is 0 Å². The molecule has 1 fully saturated rings. The highest BCUT2D eigenvalue weighted by Gasteiger charge is 2.20. The highest BCUT2D eigenvalue weighted by atomic mass is 16.5. The number of ether oxygens (including phenoxy) is 1. The van der Waals surface area contributed by atoms with Crippen LogP contribution in [0, 0.1) is 5.92 Å². The fraction of sp³-hybridized carbons (Fsp3) is 0.421. The van der Waals surface area contributed by atoms with E-state index in [9.17, 15) is 9.59 Å². The zero-order valence-corrected chi connectivity index (χ0v) is 14.3. The Labute approximate surface area is 146 Å². The molecule has 1 aromatic carbocycles. The van der Waals surface area contributed by atoms with E-state index in [1.807, 2.05) is 24.3 Å². The average molecular weight is 341 g/mol. The number of nitrogens with zero attached hydrogens (tertiary/aromatic N) is 1. The first-order valence-corrected chi connectivity index (χ1v) is 8.68. The lowest BCUT2D eigenvalue weighted by Crippen LogP contribution is -2.26. The van der Waals surface area contributed by atoms with Crippen LogP contribution in [0.5, 0.6) is 0 Å². The molecule has 1 amide bonds. The van der Waals surface area contributed by atoms with Crippen molar-refractivity contribution in [2.45, 2.75) is 38.7 Å². The molecular formula is C19H23N3O3. The third kappa shape index (κ3) is 5.00. The van der Waals surface area contributed by atoms with Gasteiger partial charge in [0.25, 0.3) is 5.56 Å². The fourth-order valence-electron chi connectivity index (χ4n) is 3.18. The first kappa shape index (κ1) is 17.4. The normalized spacial score (nSPS) is 20.2. The van der Waals surface area contributed by atoms with E-state index in [0.29, 0.717) is 17.3 Å². The second-order valence-electron chi connectivity index (χ2n) is 6.64. The van der Waals surface area contributed by atoms with Crippen LogP contribution in [-0.4, -0.2) is 28.8 Å². The maximum Gasteiger partial charge on any atom is 0.264 e. The quantitative estimate of drug-likeness (QED) is 0.876. The Bertz CT molecular complexity index is 767. The smallest absolute Gasteiger partial charge is 0.264 e. The summed E-state index contributed by atoms with van der Waals surface area (Å²) in [4.78, 5) is 23.2. The van der Waals surface area contributed by atoms with E-state index in [1.165, 1.54) is 18.9 Å². The minimum absolute atomic E-state index is 0.0680. The lowest BCUT2D eigenvalue weighted by atomic mass is 9.89. The summed E-state index contributed by atoms with van der Waals surface area (Å²) in [5.41, 5.74) is 1.89. The molecule has 1 saturated carbocycles. The highest BCUT2D eigenvalue weighted by molar-refractivity contribution is 5.92. The summed E-state index contributed by atoms with van der Waals surface area (Å²) in [5.74, 6) is 0.508. The Balaban J connectivity index is 1.57. The van der Waals surface area contributed by atoms with Crippen molar-refractivity contribution in [3.63, 3.8) is 0 Å². The van der Waals surface area contributed by atoms with Gasteiger partial charge in [-0.25, -0.2) is 5.10 Å². The summed E-state index contributed by atoms with van der Waals surface area (Å²) in [5, 5.41) is 9.25. The Morgan fingerprint density at radius 1 is 1.32 bits per heavy atom. The lowest BCUT2D eigenvalue weighted by Gasteiger charge is -2.26. The SMILES string of the molecule is CC1CCCC(OCC(=O)Nc2cccc(-c3ccc(=O)[nH]n3)c2)C1. The van der Waals surface area contributed by atoms with Gasteiger partial charge in [-0.15, -0.1) is 0 Å². The number of anilines is 1. The fourth-order valence-corrected chi connectivity index (χ4v) is 3.18. The molecule has 0 radical (unpaired) electrons. The van der Waals surface area contributed by atoms with Crippen molar-refractivity contribution < 1.29 is 9.53 Å². The third-order valence-corrected chi connectivity index (χ3v) is 4.46. The van der Waals surface area contributed by atoms with Gasteiger partial charge in [0.2, 0.25) is 5.91 Å². The van der Waals surface area contributed by atoms with E-state index in [-0.39, 0.29) is 24.2 Å². The van der Waals surface area contributed by atoms with Gasteiger partial charge in [0.1, 0.15) is 6.61 Å². The molecule has 0 spiro atoms. The van der Waals surface area contributed by atoms with Gasteiger partial charge in [0.05, 0.1) is 11.8 Å². The van der Waals surface area contributed by atoms with E-state index >= 15 is 0 Å². The number of aromatic nitrogens is 2. The summed E-state index contributed by atoms with van der Waals surface area (Å²) in [6.07, 6.45) is 4.66. The van der Waals surface area contributed by atoms with Gasteiger partial charge in [-0.1, -0.05) is 31.9 Å². The van der Waals surface area contributed by atoms with Crippen LogP contribution in [-0.2, 0) is 9.53 Å². The molecule has 25 heavy (non-hydrogen) atoms. The Morgan fingerprint density at radius 2 is 2.20 bits per heavy atom. The zero-order chi connectivity index (χ0) is 17.6. The summed E-state index contributed by atoms with van der Waals surface area (Å²) in [6.45, 7) is 2.30. The number of carbonyl (C=O) groups is 1. The summed E-state index contributed by atoms with van der Waals surface area (Å²) in [6, 6.07) is 10.4. The van der Waals surface area contributed by atoms with Crippen LogP contribution in [0.3, 0.4) is 0 Å². The number of aromatic amines is 1. The molecule has 1 heterocycles. The summed E-state index contributed by atoms with van der Waals surface area (Å²) < 4.78 is 5.75. The third-order valence-electron chi connectivity index (χ3n) is 4.46. The highest BCUT2D eigenvalue weighted by Crippen LogP contribution is 2.25. The first-order chi connectivity index (χ1) is 12.1. The maximum atomic E-state index is 12.1. The largest absolute Gasteiger partial charge is 0.368 e. The zero-order valence-electron chi connectivity index (χ0n) is 14.3. The van der Waals surface area contributed by atoms with Crippen molar-refractivity contribution >= 4 is 11.6 Å². The molecule has 1 aromatic heterocycles. The van der Waals surface area contributed by atoms with Crippen molar-refractivity contribution in [2.24, 2.45) is 5.92 Å². The molecule has 0 saturated heterocycles. The molecule has 3 rings (SSSR count). The van der Waals surface area contributed by atoms with Crippen LogP contribution in [0.4, 0.5) is 5.69 Å². The van der Waals surface area contributed by atoms with E-state index in [4.69, 9.17) is 4.74 Å². The van der Waals surface area contributed by atoms with Crippen LogP contribution in [0.1, 0.15) is 32.6 Å². The lowest BCUT2D eigenvalue weighted by molar-refractivity contribution is -0.123. The number of benzene rings is 1. The van der Waals surface area contributed by atoms with E-state index in [2.05, 4.69) is 22.4 Å². The standard InChI is InChI=1S/C19H23N3O3/c1-13-4-2-7-16(10-13)25-12-19(24)20-15-6-3-5-14(11-15)17-8-9-18(23)22-21-17/h3,5-6,8-9,11,13,16H,2,4,7,10,12H2,1H3,(H,20,24)(H,22,23). The van der Waals surface area contributed by atoms with Gasteiger partial charge in [-0.2, -0.15) is 5.10 Å². The second kappa shape index (κ2) is 8.07. The van der Waals surface area contributed by atoms with Crippen molar-refractivity contribution in [1.29, 1.82) is 0 Å². The van der Waals surface area contributed by atoms with Gasteiger partial charge in [-0.3, -0.25) is 9.59 Å². The molecule has 2 atom stereocenters. The summed E-state index contributed by atoms with van der Waals surface area (Å²) in [7, 11) is 0. The number of carbonyl (C=O) groups excluding carboxylic acids is 1. The minimum Gasteiger partial charge on any atom is -0.368 e. The molecule has 0 bridgehead atoms. The first-order valence-electron chi connectivity index (χ1n) is 8.68. The monoisotopic (exact) mass is 341 g/mol. The van der Waals surface area contributed by atoms with E-state index in [1.54, 1.807) is 6.07 Å². The van der Waals surface area contributed by atoms with Gasteiger partial charge in [-0.05, 0) is 37.0 Å². The number of hydrogen-bond donors (Lipinski definition) is 2. The van der Waals surface area contributed by atoms with E-state index in [0.717, 1.165) is 18.4 Å². The molecule has 2 unspecified atom stereocenters. The Hall–Kier alpha value is -2.47. The average Bonchev–Trinajstić information content (AvgIpc) is 2.61. The molecule has 132 valence electrons. The van der Waals surface area contributed by atoms with Crippen LogP contribution in [0.15, 0.2) is 41.2 Å². The molecule has 0 aliphatic heterocycles. The second-order valence-corrected chi connectivity index (χ2v) is 6.64. The van der Waals surface area contributed by atoms with Gasteiger partial charge < -0.3 is 10.1 Å².